The summed E-state index contributed by atoms with van der Waals surface area (Å²) in [5, 5.41) is 1.37. The van der Waals surface area contributed by atoms with E-state index in [1.54, 1.807) is 6.07 Å². The summed E-state index contributed by atoms with van der Waals surface area (Å²) < 4.78 is 0. The van der Waals surface area contributed by atoms with Gasteiger partial charge in [0.25, 0.3) is 0 Å². The number of hydrogen-bond donors (Lipinski definition) is 1. The molecule has 1 saturated carbocycles. The Hall–Kier alpha value is -0.240. The SMILES string of the molecule is NC(c1ccc(Cl)cc1Cl)C1CCCCC1. The molecule has 0 bridgehead atoms. The minimum absolute atomic E-state index is 0.0602. The lowest BCUT2D eigenvalue weighted by molar-refractivity contribution is 0.308. The molecule has 0 heterocycles. The number of rotatable bonds is 2. The maximum absolute atomic E-state index is 6.29. The summed E-state index contributed by atoms with van der Waals surface area (Å²) in [6.07, 6.45) is 6.38. The summed E-state index contributed by atoms with van der Waals surface area (Å²) in [6.45, 7) is 0. The molecule has 1 nitrogen and oxygen atoms in total. The molecule has 0 aromatic heterocycles. The molecule has 2 N–H and O–H groups in total. The van der Waals surface area contributed by atoms with E-state index in [4.69, 9.17) is 28.9 Å². The van der Waals surface area contributed by atoms with E-state index < -0.39 is 0 Å². The zero-order valence-corrected chi connectivity index (χ0v) is 10.8. The van der Waals surface area contributed by atoms with Gasteiger partial charge in [-0.3, -0.25) is 0 Å². The van der Waals surface area contributed by atoms with Crippen molar-refractivity contribution in [2.24, 2.45) is 11.7 Å². The Balaban J connectivity index is 2.15. The van der Waals surface area contributed by atoms with E-state index in [0.717, 1.165) is 5.56 Å². The van der Waals surface area contributed by atoms with E-state index in [1.165, 1.54) is 32.1 Å². The van der Waals surface area contributed by atoms with Crippen LogP contribution in [0.4, 0.5) is 0 Å². The van der Waals surface area contributed by atoms with Crippen molar-refractivity contribution in [1.82, 2.24) is 0 Å². The van der Waals surface area contributed by atoms with E-state index in [0.29, 0.717) is 16.0 Å². The van der Waals surface area contributed by atoms with E-state index in [9.17, 15) is 0 Å². The second-order valence-corrected chi connectivity index (χ2v) is 5.43. The van der Waals surface area contributed by atoms with Crippen LogP contribution in [0.2, 0.25) is 10.0 Å². The molecule has 1 unspecified atom stereocenters. The molecular weight excluding hydrogens is 241 g/mol. The van der Waals surface area contributed by atoms with Crippen molar-refractivity contribution in [3.8, 4) is 0 Å². The van der Waals surface area contributed by atoms with Crippen LogP contribution in [0, 0.1) is 5.92 Å². The highest BCUT2D eigenvalue weighted by atomic mass is 35.5. The van der Waals surface area contributed by atoms with E-state index in [-0.39, 0.29) is 6.04 Å². The third kappa shape index (κ3) is 2.71. The van der Waals surface area contributed by atoms with Crippen LogP contribution < -0.4 is 5.73 Å². The first-order valence-corrected chi connectivity index (χ1v) is 6.64. The van der Waals surface area contributed by atoms with Gasteiger partial charge in [0.15, 0.2) is 0 Å². The molecule has 1 atom stereocenters. The Morgan fingerprint density at radius 3 is 2.44 bits per heavy atom. The highest BCUT2D eigenvalue weighted by molar-refractivity contribution is 6.35. The molecule has 1 aliphatic rings. The zero-order chi connectivity index (χ0) is 11.5. The highest BCUT2D eigenvalue weighted by Gasteiger charge is 2.23. The number of halogens is 2. The average molecular weight is 258 g/mol. The largest absolute Gasteiger partial charge is 0.324 e. The Labute approximate surface area is 107 Å². The number of benzene rings is 1. The fraction of sp³-hybridized carbons (Fsp3) is 0.538. The molecule has 0 spiro atoms. The molecule has 1 aliphatic carbocycles. The molecule has 0 amide bonds. The molecule has 2 rings (SSSR count). The first kappa shape index (κ1) is 12.2. The van der Waals surface area contributed by atoms with Crippen molar-refractivity contribution in [3.05, 3.63) is 33.8 Å². The summed E-state index contributed by atoms with van der Waals surface area (Å²) >= 11 is 12.1. The van der Waals surface area contributed by atoms with Crippen molar-refractivity contribution in [2.45, 2.75) is 38.1 Å². The van der Waals surface area contributed by atoms with Crippen LogP contribution in [0.1, 0.15) is 43.7 Å². The Bertz CT molecular complexity index is 359. The molecule has 88 valence electrons. The van der Waals surface area contributed by atoms with Crippen molar-refractivity contribution in [3.63, 3.8) is 0 Å². The van der Waals surface area contributed by atoms with Gasteiger partial charge in [0.1, 0.15) is 0 Å². The van der Waals surface area contributed by atoms with Crippen LogP contribution in [-0.4, -0.2) is 0 Å². The molecule has 1 aromatic carbocycles. The summed E-state index contributed by atoms with van der Waals surface area (Å²) in [6, 6.07) is 5.67. The van der Waals surface area contributed by atoms with Crippen molar-refractivity contribution in [1.29, 1.82) is 0 Å². The van der Waals surface area contributed by atoms with Gasteiger partial charge in [-0.1, -0.05) is 48.5 Å². The average Bonchev–Trinajstić information content (AvgIpc) is 2.29. The predicted octanol–water partition coefficient (Wildman–Crippen LogP) is 4.57. The smallest absolute Gasteiger partial charge is 0.0468 e. The maximum atomic E-state index is 6.29. The van der Waals surface area contributed by atoms with E-state index in [2.05, 4.69) is 0 Å². The van der Waals surface area contributed by atoms with Crippen LogP contribution in [0.3, 0.4) is 0 Å². The van der Waals surface area contributed by atoms with Crippen LogP contribution in [0.15, 0.2) is 18.2 Å². The lowest BCUT2D eigenvalue weighted by atomic mass is 9.81. The Morgan fingerprint density at radius 1 is 1.12 bits per heavy atom. The summed E-state index contributed by atoms with van der Waals surface area (Å²) in [7, 11) is 0. The van der Waals surface area contributed by atoms with Gasteiger partial charge in [-0.2, -0.15) is 0 Å². The number of hydrogen-bond acceptors (Lipinski definition) is 1. The second-order valence-electron chi connectivity index (χ2n) is 4.59. The lowest BCUT2D eigenvalue weighted by Gasteiger charge is -2.28. The van der Waals surface area contributed by atoms with E-state index in [1.807, 2.05) is 12.1 Å². The van der Waals surface area contributed by atoms with Crippen molar-refractivity contribution in [2.75, 3.05) is 0 Å². The number of nitrogens with two attached hydrogens (primary N) is 1. The fourth-order valence-electron chi connectivity index (χ4n) is 2.52. The van der Waals surface area contributed by atoms with Gasteiger partial charge in [-0.25, -0.2) is 0 Å². The summed E-state index contributed by atoms with van der Waals surface area (Å²) in [4.78, 5) is 0. The predicted molar refractivity (Wildman–Crippen MR) is 70.0 cm³/mol. The topological polar surface area (TPSA) is 26.0 Å². The van der Waals surface area contributed by atoms with Gasteiger partial charge >= 0.3 is 0 Å². The van der Waals surface area contributed by atoms with Gasteiger partial charge in [0.05, 0.1) is 0 Å². The molecular formula is C13H17Cl2N. The van der Waals surface area contributed by atoms with Crippen molar-refractivity contribution >= 4 is 23.2 Å². The van der Waals surface area contributed by atoms with Crippen LogP contribution in [0.5, 0.6) is 0 Å². The maximum Gasteiger partial charge on any atom is 0.0468 e. The van der Waals surface area contributed by atoms with Gasteiger partial charge in [-0.05, 0) is 36.5 Å². The summed E-state index contributed by atoms with van der Waals surface area (Å²) in [5.74, 6) is 0.576. The van der Waals surface area contributed by atoms with Crippen LogP contribution >= 0.6 is 23.2 Å². The van der Waals surface area contributed by atoms with E-state index >= 15 is 0 Å². The quantitative estimate of drug-likeness (QED) is 0.825. The third-order valence-corrected chi connectivity index (χ3v) is 4.04. The normalized spacial score (nSPS) is 19.7. The molecule has 1 fully saturated rings. The standard InChI is InChI=1S/C13H17Cl2N/c14-10-6-7-11(12(15)8-10)13(16)9-4-2-1-3-5-9/h6-9,13H,1-5,16H2. The van der Waals surface area contributed by atoms with Crippen LogP contribution in [0.25, 0.3) is 0 Å². The molecule has 1 aromatic rings. The highest BCUT2D eigenvalue weighted by Crippen LogP contribution is 2.36. The first-order valence-electron chi connectivity index (χ1n) is 5.89. The lowest BCUT2D eigenvalue weighted by Crippen LogP contribution is -2.23. The Morgan fingerprint density at radius 2 is 1.81 bits per heavy atom. The van der Waals surface area contributed by atoms with Crippen LogP contribution in [-0.2, 0) is 0 Å². The molecule has 0 saturated heterocycles. The van der Waals surface area contributed by atoms with Gasteiger partial charge in [0.2, 0.25) is 0 Å². The van der Waals surface area contributed by atoms with Gasteiger partial charge in [0, 0.05) is 16.1 Å². The minimum atomic E-state index is 0.0602. The monoisotopic (exact) mass is 257 g/mol. The molecule has 0 radical (unpaired) electrons. The minimum Gasteiger partial charge on any atom is -0.324 e. The molecule has 16 heavy (non-hydrogen) atoms. The van der Waals surface area contributed by atoms with Crippen molar-refractivity contribution < 1.29 is 0 Å². The second kappa shape index (κ2) is 5.39. The first-order chi connectivity index (χ1) is 7.68. The Kier molecular flexibility index (Phi) is 4.12. The van der Waals surface area contributed by atoms with Gasteiger partial charge < -0.3 is 5.73 Å². The molecule has 3 heteroatoms. The summed E-state index contributed by atoms with van der Waals surface area (Å²) in [5.41, 5.74) is 7.33. The fourth-order valence-corrected chi connectivity index (χ4v) is 3.05. The van der Waals surface area contributed by atoms with Gasteiger partial charge in [-0.15, -0.1) is 0 Å². The molecule has 0 aliphatic heterocycles. The zero-order valence-electron chi connectivity index (χ0n) is 9.26. The third-order valence-electron chi connectivity index (χ3n) is 3.48.